The van der Waals surface area contributed by atoms with E-state index in [1.54, 1.807) is 0 Å². The predicted octanol–water partition coefficient (Wildman–Crippen LogP) is 3.56. The molecule has 1 atom stereocenters. The first kappa shape index (κ1) is 20.0. The zero-order chi connectivity index (χ0) is 20.4. The SMILES string of the molecule is O=C(C[C@H]1c2ccccc2CCN1S(=O)(=O)c1ccc(F)cc1)NC1CCCC1. The summed E-state index contributed by atoms with van der Waals surface area (Å²) in [4.78, 5) is 12.8. The Balaban J connectivity index is 1.64. The highest BCUT2D eigenvalue weighted by molar-refractivity contribution is 7.89. The van der Waals surface area contributed by atoms with Crippen LogP contribution in [0.15, 0.2) is 53.4 Å². The Bertz CT molecular complexity index is 985. The van der Waals surface area contributed by atoms with E-state index in [0.717, 1.165) is 48.9 Å². The monoisotopic (exact) mass is 416 g/mol. The lowest BCUT2D eigenvalue weighted by atomic mass is 9.92. The Morgan fingerprint density at radius 2 is 1.76 bits per heavy atom. The molecule has 1 fully saturated rings. The standard InChI is InChI=1S/C22H25FN2O3S/c23-17-9-11-19(12-10-17)29(27,28)25-14-13-16-5-1-4-8-20(16)21(25)15-22(26)24-18-6-2-3-7-18/h1,4-5,8-12,18,21H,2-3,6-7,13-15H2,(H,24,26)/t21-/m0/s1. The van der Waals surface area contributed by atoms with E-state index in [0.29, 0.717) is 6.42 Å². The molecule has 0 bridgehead atoms. The van der Waals surface area contributed by atoms with E-state index in [4.69, 9.17) is 0 Å². The second-order valence-electron chi connectivity index (χ2n) is 7.79. The molecule has 29 heavy (non-hydrogen) atoms. The summed E-state index contributed by atoms with van der Waals surface area (Å²) in [5.74, 6) is -0.613. The summed E-state index contributed by atoms with van der Waals surface area (Å²) in [5, 5.41) is 3.07. The van der Waals surface area contributed by atoms with Gasteiger partial charge in [-0.3, -0.25) is 4.79 Å². The number of hydrogen-bond donors (Lipinski definition) is 1. The van der Waals surface area contributed by atoms with Crippen molar-refractivity contribution in [3.8, 4) is 0 Å². The van der Waals surface area contributed by atoms with E-state index < -0.39 is 21.9 Å². The summed E-state index contributed by atoms with van der Waals surface area (Å²) in [6.07, 6.45) is 4.84. The van der Waals surface area contributed by atoms with Gasteiger partial charge in [0.05, 0.1) is 10.9 Å². The van der Waals surface area contributed by atoms with E-state index >= 15 is 0 Å². The lowest BCUT2D eigenvalue weighted by molar-refractivity contribution is -0.122. The van der Waals surface area contributed by atoms with E-state index in [1.807, 2.05) is 24.3 Å². The molecule has 2 aromatic rings. The number of nitrogens with one attached hydrogen (secondary N) is 1. The van der Waals surface area contributed by atoms with Crippen LogP contribution in [0.5, 0.6) is 0 Å². The Kier molecular flexibility index (Phi) is 5.69. The molecule has 1 amide bonds. The third-order valence-electron chi connectivity index (χ3n) is 5.88. The first-order chi connectivity index (χ1) is 13.9. The van der Waals surface area contributed by atoms with Crippen LogP contribution in [0.2, 0.25) is 0 Å². The van der Waals surface area contributed by atoms with Gasteiger partial charge in [0.15, 0.2) is 0 Å². The molecule has 154 valence electrons. The maximum absolute atomic E-state index is 13.3. The van der Waals surface area contributed by atoms with Gasteiger partial charge in [-0.2, -0.15) is 4.31 Å². The average molecular weight is 417 g/mol. The van der Waals surface area contributed by atoms with Gasteiger partial charge in [0.25, 0.3) is 0 Å². The largest absolute Gasteiger partial charge is 0.353 e. The first-order valence-corrected chi connectivity index (χ1v) is 11.5. The van der Waals surface area contributed by atoms with Crippen molar-refractivity contribution in [2.45, 2.75) is 55.5 Å². The molecular formula is C22H25FN2O3S. The molecule has 0 saturated heterocycles. The summed E-state index contributed by atoms with van der Waals surface area (Å²) in [6.45, 7) is 0.290. The summed E-state index contributed by atoms with van der Waals surface area (Å²) in [7, 11) is -3.86. The quantitative estimate of drug-likeness (QED) is 0.810. The molecule has 1 heterocycles. The summed E-state index contributed by atoms with van der Waals surface area (Å²) < 4.78 is 41.3. The van der Waals surface area contributed by atoms with Crippen molar-refractivity contribution in [2.24, 2.45) is 0 Å². The number of carbonyl (C=O) groups excluding carboxylic acids is 1. The van der Waals surface area contributed by atoms with Crippen molar-refractivity contribution >= 4 is 15.9 Å². The molecular weight excluding hydrogens is 391 g/mol. The Morgan fingerprint density at radius 3 is 2.48 bits per heavy atom. The number of rotatable bonds is 5. The van der Waals surface area contributed by atoms with Crippen LogP contribution in [0, 0.1) is 5.82 Å². The van der Waals surface area contributed by atoms with Gasteiger partial charge in [-0.15, -0.1) is 0 Å². The van der Waals surface area contributed by atoms with E-state index in [-0.39, 0.29) is 29.8 Å². The number of fused-ring (bicyclic) bond motifs is 1. The van der Waals surface area contributed by atoms with Crippen molar-refractivity contribution < 1.29 is 17.6 Å². The molecule has 0 unspecified atom stereocenters. The minimum atomic E-state index is -3.86. The van der Waals surface area contributed by atoms with E-state index in [9.17, 15) is 17.6 Å². The molecule has 2 aromatic carbocycles. The fourth-order valence-corrected chi connectivity index (χ4v) is 6.01. The van der Waals surface area contributed by atoms with E-state index in [1.165, 1.54) is 16.4 Å². The molecule has 1 aliphatic heterocycles. The molecule has 2 aliphatic rings. The van der Waals surface area contributed by atoms with Crippen LogP contribution < -0.4 is 5.32 Å². The van der Waals surface area contributed by atoms with Crippen molar-refractivity contribution in [3.63, 3.8) is 0 Å². The van der Waals surface area contributed by atoms with Crippen LogP contribution in [0.4, 0.5) is 4.39 Å². The average Bonchev–Trinajstić information content (AvgIpc) is 3.21. The molecule has 5 nitrogen and oxygen atoms in total. The molecule has 1 N–H and O–H groups in total. The maximum atomic E-state index is 13.3. The van der Waals surface area contributed by atoms with Crippen LogP contribution in [-0.2, 0) is 21.2 Å². The highest BCUT2D eigenvalue weighted by atomic mass is 32.2. The molecule has 4 rings (SSSR count). The van der Waals surface area contributed by atoms with Crippen LogP contribution in [0.1, 0.15) is 49.3 Å². The number of nitrogens with zero attached hydrogens (tertiary/aromatic N) is 1. The lowest BCUT2D eigenvalue weighted by Crippen LogP contribution is -2.43. The van der Waals surface area contributed by atoms with Gasteiger partial charge in [0.2, 0.25) is 15.9 Å². The second-order valence-corrected chi connectivity index (χ2v) is 9.68. The van der Waals surface area contributed by atoms with E-state index in [2.05, 4.69) is 5.32 Å². The number of hydrogen-bond acceptors (Lipinski definition) is 3. The zero-order valence-electron chi connectivity index (χ0n) is 16.2. The number of carbonyl (C=O) groups is 1. The summed E-state index contributed by atoms with van der Waals surface area (Å²) >= 11 is 0. The van der Waals surface area contributed by atoms with Gasteiger partial charge in [0, 0.05) is 19.0 Å². The minimum Gasteiger partial charge on any atom is -0.353 e. The summed E-state index contributed by atoms with van der Waals surface area (Å²) in [6, 6.07) is 12.1. The predicted molar refractivity (Wildman–Crippen MR) is 108 cm³/mol. The lowest BCUT2D eigenvalue weighted by Gasteiger charge is -2.36. The Morgan fingerprint density at radius 1 is 1.07 bits per heavy atom. The van der Waals surface area contributed by atoms with Crippen LogP contribution in [-0.4, -0.2) is 31.2 Å². The van der Waals surface area contributed by atoms with Gasteiger partial charge in [-0.1, -0.05) is 37.1 Å². The highest BCUT2D eigenvalue weighted by Gasteiger charge is 2.37. The fourth-order valence-electron chi connectivity index (χ4n) is 4.40. The fraction of sp³-hybridized carbons (Fsp3) is 0.409. The third-order valence-corrected chi connectivity index (χ3v) is 7.80. The maximum Gasteiger partial charge on any atom is 0.243 e. The number of sulfonamides is 1. The third kappa shape index (κ3) is 4.21. The van der Waals surface area contributed by atoms with Crippen LogP contribution in [0.3, 0.4) is 0 Å². The Hall–Kier alpha value is -2.25. The van der Waals surface area contributed by atoms with Crippen LogP contribution >= 0.6 is 0 Å². The molecule has 0 radical (unpaired) electrons. The normalized spacial score (nSPS) is 20.4. The number of amides is 1. The first-order valence-electron chi connectivity index (χ1n) is 10.1. The van der Waals surface area contributed by atoms with Gasteiger partial charge >= 0.3 is 0 Å². The zero-order valence-corrected chi connectivity index (χ0v) is 17.0. The molecule has 1 aliphatic carbocycles. The van der Waals surface area contributed by atoms with Crippen molar-refractivity contribution in [2.75, 3.05) is 6.54 Å². The number of halogens is 1. The summed E-state index contributed by atoms with van der Waals surface area (Å²) in [5.41, 5.74) is 1.93. The Labute approximate surface area is 171 Å². The van der Waals surface area contributed by atoms with Crippen molar-refractivity contribution in [1.82, 2.24) is 9.62 Å². The smallest absolute Gasteiger partial charge is 0.243 e. The topological polar surface area (TPSA) is 66.5 Å². The number of benzene rings is 2. The van der Waals surface area contributed by atoms with Gasteiger partial charge < -0.3 is 5.32 Å². The van der Waals surface area contributed by atoms with Gasteiger partial charge in [0.1, 0.15) is 5.82 Å². The van der Waals surface area contributed by atoms with Crippen molar-refractivity contribution in [3.05, 3.63) is 65.5 Å². The van der Waals surface area contributed by atoms with Gasteiger partial charge in [-0.25, -0.2) is 12.8 Å². The highest BCUT2D eigenvalue weighted by Crippen LogP contribution is 2.36. The molecule has 0 spiro atoms. The molecule has 7 heteroatoms. The molecule has 1 saturated carbocycles. The molecule has 0 aromatic heterocycles. The van der Waals surface area contributed by atoms with Crippen LogP contribution in [0.25, 0.3) is 0 Å². The van der Waals surface area contributed by atoms with Gasteiger partial charge in [-0.05, 0) is 54.7 Å². The van der Waals surface area contributed by atoms with Crippen molar-refractivity contribution in [1.29, 1.82) is 0 Å². The second kappa shape index (κ2) is 8.24. The minimum absolute atomic E-state index is 0.0412.